The second kappa shape index (κ2) is 7.24. The van der Waals surface area contributed by atoms with E-state index in [2.05, 4.69) is 11.9 Å². The molecule has 0 spiro atoms. The summed E-state index contributed by atoms with van der Waals surface area (Å²) in [6.07, 6.45) is -1.85. The van der Waals surface area contributed by atoms with Crippen LogP contribution in [-0.2, 0) is 17.6 Å². The van der Waals surface area contributed by atoms with E-state index in [9.17, 15) is 18.0 Å². The minimum Gasteiger partial charge on any atom is -0.324 e. The summed E-state index contributed by atoms with van der Waals surface area (Å²) in [6.45, 7) is 3.08. The van der Waals surface area contributed by atoms with Crippen LogP contribution in [0.2, 0.25) is 0 Å². The lowest BCUT2D eigenvalue weighted by atomic mass is 10.0. The third-order valence-electron chi connectivity index (χ3n) is 5.12. The van der Waals surface area contributed by atoms with Crippen molar-refractivity contribution in [2.45, 2.75) is 39.0 Å². The summed E-state index contributed by atoms with van der Waals surface area (Å²) in [6, 6.07) is 7.37. The number of alkyl halides is 3. The van der Waals surface area contributed by atoms with Gasteiger partial charge in [0.05, 0.1) is 28.1 Å². The Morgan fingerprint density at radius 2 is 2.11 bits per heavy atom. The third kappa shape index (κ3) is 3.53. The molecule has 0 bridgehead atoms. The van der Waals surface area contributed by atoms with Crippen molar-refractivity contribution in [2.75, 3.05) is 6.54 Å². The number of benzene rings is 1. The van der Waals surface area contributed by atoms with Crippen molar-refractivity contribution >= 4 is 28.3 Å². The number of halogens is 3. The second-order valence-electron chi connectivity index (χ2n) is 7.16. The van der Waals surface area contributed by atoms with Crippen LogP contribution in [0.3, 0.4) is 0 Å². The van der Waals surface area contributed by atoms with E-state index in [4.69, 9.17) is 0 Å². The fraction of sp³-hybridized carbons (Fsp3) is 0.400. The molecule has 1 aliphatic heterocycles. The maximum Gasteiger partial charge on any atom is 0.416 e. The van der Waals surface area contributed by atoms with Crippen molar-refractivity contribution < 1.29 is 18.0 Å². The van der Waals surface area contributed by atoms with Gasteiger partial charge < -0.3 is 9.47 Å². The summed E-state index contributed by atoms with van der Waals surface area (Å²) >= 11 is 1.47. The summed E-state index contributed by atoms with van der Waals surface area (Å²) < 4.78 is 41.2. The molecule has 1 amide bonds. The molecule has 28 heavy (non-hydrogen) atoms. The molecular weight excluding hydrogens is 387 g/mol. The van der Waals surface area contributed by atoms with E-state index in [-0.39, 0.29) is 11.4 Å². The number of hydrogen-bond acceptors (Lipinski definition) is 3. The molecule has 3 aromatic rings. The highest BCUT2D eigenvalue weighted by molar-refractivity contribution is 7.13. The number of fused-ring (bicyclic) bond motifs is 1. The molecule has 3 heterocycles. The summed E-state index contributed by atoms with van der Waals surface area (Å²) in [5.41, 5.74) is 0.167. The molecule has 1 atom stereocenters. The van der Waals surface area contributed by atoms with Gasteiger partial charge in [0.25, 0.3) is 0 Å². The first-order valence-electron chi connectivity index (χ1n) is 9.26. The summed E-state index contributed by atoms with van der Waals surface area (Å²) in [7, 11) is 0. The number of imidazole rings is 1. The van der Waals surface area contributed by atoms with E-state index < -0.39 is 11.7 Å². The van der Waals surface area contributed by atoms with Crippen LogP contribution in [0.4, 0.5) is 13.2 Å². The molecule has 0 saturated carbocycles. The van der Waals surface area contributed by atoms with Crippen molar-refractivity contribution in [1.29, 1.82) is 0 Å². The number of carbonyl (C=O) groups is 1. The fourth-order valence-corrected chi connectivity index (χ4v) is 4.53. The Hall–Kier alpha value is -2.35. The Morgan fingerprint density at radius 1 is 1.29 bits per heavy atom. The maximum absolute atomic E-state index is 13.1. The molecule has 1 unspecified atom stereocenters. The Kier molecular flexibility index (Phi) is 4.91. The van der Waals surface area contributed by atoms with Crippen LogP contribution >= 0.6 is 11.3 Å². The summed E-state index contributed by atoms with van der Waals surface area (Å²) in [5, 5.41) is 1.90. The predicted octanol–water partition coefficient (Wildman–Crippen LogP) is 5.39. The van der Waals surface area contributed by atoms with Crippen molar-refractivity contribution in [3.05, 3.63) is 41.3 Å². The van der Waals surface area contributed by atoms with E-state index in [1.807, 2.05) is 22.1 Å². The van der Waals surface area contributed by atoms with Crippen LogP contribution in [0, 0.1) is 5.92 Å². The minimum absolute atomic E-state index is 0.0874. The van der Waals surface area contributed by atoms with Gasteiger partial charge in [0, 0.05) is 13.0 Å². The van der Waals surface area contributed by atoms with Crippen LogP contribution in [0.25, 0.3) is 21.7 Å². The van der Waals surface area contributed by atoms with Crippen LogP contribution < -0.4 is 0 Å². The normalized spacial score (nSPS) is 17.8. The number of hydrogen-bond donors (Lipinski definition) is 0. The minimum atomic E-state index is -4.42. The van der Waals surface area contributed by atoms with Gasteiger partial charge in [0.2, 0.25) is 5.91 Å². The highest BCUT2D eigenvalue weighted by Crippen LogP contribution is 2.34. The van der Waals surface area contributed by atoms with E-state index >= 15 is 0 Å². The maximum atomic E-state index is 13.1. The molecule has 1 fully saturated rings. The van der Waals surface area contributed by atoms with Gasteiger partial charge in [0.15, 0.2) is 5.82 Å². The number of amides is 1. The molecule has 8 heteroatoms. The summed E-state index contributed by atoms with van der Waals surface area (Å²) in [4.78, 5) is 19.6. The number of nitrogens with zero attached hydrogens (tertiary/aromatic N) is 3. The Labute approximate surface area is 164 Å². The topological polar surface area (TPSA) is 38.1 Å². The molecule has 4 rings (SSSR count). The average molecular weight is 407 g/mol. The van der Waals surface area contributed by atoms with Crippen LogP contribution in [0.15, 0.2) is 35.7 Å². The molecule has 2 aromatic heterocycles. The molecular formula is C20H20F3N3OS. The van der Waals surface area contributed by atoms with Crippen molar-refractivity contribution in [2.24, 2.45) is 5.92 Å². The molecule has 1 saturated heterocycles. The first kappa shape index (κ1) is 19.0. The molecule has 1 aromatic carbocycles. The van der Waals surface area contributed by atoms with Crippen LogP contribution in [-0.4, -0.2) is 26.9 Å². The van der Waals surface area contributed by atoms with Gasteiger partial charge in [-0.2, -0.15) is 13.2 Å². The standard InChI is InChI=1S/C20H20F3N3OS/c1-2-4-13-9-18(27)25(11-13)12-26-16-7-6-14(20(21,22)23)10-15(16)24-19(26)17-5-3-8-28-17/h3,5-8,10,13H,2,4,9,11-12H2,1H3. The number of rotatable bonds is 5. The van der Waals surface area contributed by atoms with Gasteiger partial charge in [-0.3, -0.25) is 4.79 Å². The molecule has 0 radical (unpaired) electrons. The van der Waals surface area contributed by atoms with E-state index in [0.29, 0.717) is 36.9 Å². The van der Waals surface area contributed by atoms with Crippen molar-refractivity contribution in [3.63, 3.8) is 0 Å². The van der Waals surface area contributed by atoms with E-state index in [1.165, 1.54) is 17.4 Å². The fourth-order valence-electron chi connectivity index (χ4n) is 3.81. The number of likely N-dealkylation sites (tertiary alicyclic amines) is 1. The van der Waals surface area contributed by atoms with Crippen molar-refractivity contribution in [1.82, 2.24) is 14.5 Å². The smallest absolute Gasteiger partial charge is 0.324 e. The lowest BCUT2D eigenvalue weighted by molar-refractivity contribution is -0.137. The average Bonchev–Trinajstić information content (AvgIpc) is 3.34. The summed E-state index contributed by atoms with van der Waals surface area (Å²) in [5.74, 6) is 1.02. The Morgan fingerprint density at radius 3 is 2.79 bits per heavy atom. The number of aromatic nitrogens is 2. The van der Waals surface area contributed by atoms with Crippen molar-refractivity contribution in [3.8, 4) is 10.7 Å². The third-order valence-corrected chi connectivity index (χ3v) is 5.99. The SMILES string of the molecule is CCCC1CC(=O)N(Cn2c(-c3cccs3)nc3cc(C(F)(F)F)ccc32)C1. The Bertz CT molecular complexity index is 994. The van der Waals surface area contributed by atoms with E-state index in [1.54, 1.807) is 4.90 Å². The highest BCUT2D eigenvalue weighted by Gasteiger charge is 2.32. The molecule has 0 N–H and O–H groups in total. The van der Waals surface area contributed by atoms with Gasteiger partial charge in [-0.1, -0.05) is 19.4 Å². The molecule has 148 valence electrons. The zero-order valence-corrected chi connectivity index (χ0v) is 16.2. The number of carbonyl (C=O) groups excluding carboxylic acids is 1. The first-order chi connectivity index (χ1) is 13.4. The predicted molar refractivity (Wildman–Crippen MR) is 103 cm³/mol. The quantitative estimate of drug-likeness (QED) is 0.569. The first-order valence-corrected chi connectivity index (χ1v) is 10.1. The highest BCUT2D eigenvalue weighted by atomic mass is 32.1. The largest absolute Gasteiger partial charge is 0.416 e. The van der Waals surface area contributed by atoms with Crippen LogP contribution in [0.1, 0.15) is 31.7 Å². The zero-order chi connectivity index (χ0) is 19.9. The van der Waals surface area contributed by atoms with Gasteiger partial charge in [-0.05, 0) is 42.0 Å². The van der Waals surface area contributed by atoms with Crippen LogP contribution in [0.5, 0.6) is 0 Å². The molecule has 1 aliphatic rings. The zero-order valence-electron chi connectivity index (χ0n) is 15.4. The lowest BCUT2D eigenvalue weighted by Crippen LogP contribution is -2.28. The Balaban J connectivity index is 1.75. The second-order valence-corrected chi connectivity index (χ2v) is 8.11. The monoisotopic (exact) mass is 407 g/mol. The number of thiophene rings is 1. The van der Waals surface area contributed by atoms with Gasteiger partial charge in [-0.25, -0.2) is 4.98 Å². The lowest BCUT2D eigenvalue weighted by Gasteiger charge is -2.19. The van der Waals surface area contributed by atoms with Gasteiger partial charge >= 0.3 is 6.18 Å². The van der Waals surface area contributed by atoms with Gasteiger partial charge in [0.1, 0.15) is 0 Å². The molecule has 0 aliphatic carbocycles. The molecule has 4 nitrogen and oxygen atoms in total. The van der Waals surface area contributed by atoms with Gasteiger partial charge in [-0.15, -0.1) is 11.3 Å². The van der Waals surface area contributed by atoms with E-state index in [0.717, 1.165) is 29.9 Å².